The first-order chi connectivity index (χ1) is 14.4. The standard InChI is InChI=1S/C24H27N5O/c1-24(2,3)23(30)29-13-8-18(9-14-29)21-20(17-6-11-25-12-7-17)16-27-22(28-21)19-5-4-10-26-15-19/h4-7,10-12,15-16,18H,8-9,13-14H2,1-3H3. The minimum Gasteiger partial charge on any atom is -0.342 e. The van der Waals surface area contributed by atoms with Gasteiger partial charge in [0.2, 0.25) is 5.91 Å². The number of pyridine rings is 2. The van der Waals surface area contributed by atoms with Crippen molar-refractivity contribution in [2.45, 2.75) is 39.5 Å². The normalized spacial score (nSPS) is 15.2. The Morgan fingerprint density at radius 3 is 2.33 bits per heavy atom. The SMILES string of the molecule is CC(C)(C)C(=O)N1CCC(c2nc(-c3cccnc3)ncc2-c2ccncc2)CC1. The fourth-order valence-electron chi connectivity index (χ4n) is 3.92. The molecule has 30 heavy (non-hydrogen) atoms. The topological polar surface area (TPSA) is 71.9 Å². The smallest absolute Gasteiger partial charge is 0.227 e. The van der Waals surface area contributed by atoms with Gasteiger partial charge in [-0.3, -0.25) is 14.8 Å². The van der Waals surface area contributed by atoms with E-state index in [1.165, 1.54) is 0 Å². The molecule has 3 aromatic heterocycles. The molecule has 0 spiro atoms. The monoisotopic (exact) mass is 401 g/mol. The van der Waals surface area contributed by atoms with E-state index in [1.54, 1.807) is 24.8 Å². The number of hydrogen-bond donors (Lipinski definition) is 0. The summed E-state index contributed by atoms with van der Waals surface area (Å²) in [5, 5.41) is 0. The second-order valence-electron chi connectivity index (χ2n) is 8.79. The molecule has 0 atom stereocenters. The average Bonchev–Trinajstić information content (AvgIpc) is 2.79. The summed E-state index contributed by atoms with van der Waals surface area (Å²) in [6.45, 7) is 7.44. The molecular formula is C24H27N5O. The van der Waals surface area contributed by atoms with Gasteiger partial charge in [0.1, 0.15) is 0 Å². The summed E-state index contributed by atoms with van der Waals surface area (Å²) in [5.74, 6) is 1.17. The van der Waals surface area contributed by atoms with Crippen LogP contribution in [0.2, 0.25) is 0 Å². The molecule has 1 amide bonds. The van der Waals surface area contributed by atoms with Crippen LogP contribution in [0.4, 0.5) is 0 Å². The fraction of sp³-hybridized carbons (Fsp3) is 0.375. The molecule has 0 aromatic carbocycles. The predicted molar refractivity (Wildman–Crippen MR) is 117 cm³/mol. The second kappa shape index (κ2) is 8.30. The molecule has 0 radical (unpaired) electrons. The quantitative estimate of drug-likeness (QED) is 0.652. The van der Waals surface area contributed by atoms with E-state index >= 15 is 0 Å². The Bertz CT molecular complexity index is 1010. The molecule has 1 aliphatic heterocycles. The molecule has 4 heterocycles. The van der Waals surface area contributed by atoms with Crippen LogP contribution in [0.15, 0.2) is 55.2 Å². The van der Waals surface area contributed by atoms with Crippen LogP contribution in [0, 0.1) is 5.41 Å². The average molecular weight is 402 g/mol. The molecule has 0 N–H and O–H groups in total. The largest absolute Gasteiger partial charge is 0.342 e. The van der Waals surface area contributed by atoms with Crippen LogP contribution in [-0.4, -0.2) is 43.8 Å². The van der Waals surface area contributed by atoms with Gasteiger partial charge in [0.15, 0.2) is 5.82 Å². The van der Waals surface area contributed by atoms with Crippen molar-refractivity contribution in [1.29, 1.82) is 0 Å². The number of rotatable bonds is 3. The van der Waals surface area contributed by atoms with Crippen molar-refractivity contribution in [2.24, 2.45) is 5.41 Å². The van der Waals surface area contributed by atoms with Crippen molar-refractivity contribution in [2.75, 3.05) is 13.1 Å². The van der Waals surface area contributed by atoms with Crippen molar-refractivity contribution >= 4 is 5.91 Å². The number of hydrogen-bond acceptors (Lipinski definition) is 5. The third-order valence-corrected chi connectivity index (χ3v) is 5.54. The summed E-state index contributed by atoms with van der Waals surface area (Å²) in [7, 11) is 0. The van der Waals surface area contributed by atoms with Crippen molar-refractivity contribution in [3.8, 4) is 22.5 Å². The van der Waals surface area contributed by atoms with E-state index < -0.39 is 0 Å². The number of likely N-dealkylation sites (tertiary alicyclic amines) is 1. The lowest BCUT2D eigenvalue weighted by atomic mass is 9.87. The Labute approximate surface area is 177 Å². The van der Waals surface area contributed by atoms with E-state index in [9.17, 15) is 4.79 Å². The molecule has 0 unspecified atom stereocenters. The molecule has 3 aromatic rings. The van der Waals surface area contributed by atoms with E-state index in [0.29, 0.717) is 5.82 Å². The molecule has 0 saturated carbocycles. The molecule has 0 bridgehead atoms. The van der Waals surface area contributed by atoms with Gasteiger partial charge in [-0.15, -0.1) is 0 Å². The first-order valence-electron chi connectivity index (χ1n) is 10.4. The van der Waals surface area contributed by atoms with Crippen molar-refractivity contribution < 1.29 is 4.79 Å². The Morgan fingerprint density at radius 1 is 0.967 bits per heavy atom. The molecule has 154 valence electrons. The van der Waals surface area contributed by atoms with E-state index in [2.05, 4.69) is 15.0 Å². The predicted octanol–water partition coefficient (Wildman–Crippen LogP) is 4.35. The van der Waals surface area contributed by atoms with Gasteiger partial charge in [-0.25, -0.2) is 9.97 Å². The highest BCUT2D eigenvalue weighted by Gasteiger charge is 2.32. The summed E-state index contributed by atoms with van der Waals surface area (Å²) in [6, 6.07) is 7.85. The Balaban J connectivity index is 1.66. The minimum absolute atomic E-state index is 0.217. The first-order valence-corrected chi connectivity index (χ1v) is 10.4. The van der Waals surface area contributed by atoms with Gasteiger partial charge in [0.05, 0.1) is 5.69 Å². The lowest BCUT2D eigenvalue weighted by Gasteiger charge is -2.36. The summed E-state index contributed by atoms with van der Waals surface area (Å²) in [4.78, 5) is 32.6. The summed E-state index contributed by atoms with van der Waals surface area (Å²) in [5.41, 5.74) is 3.69. The van der Waals surface area contributed by atoms with Crippen molar-refractivity contribution in [3.05, 3.63) is 60.9 Å². The van der Waals surface area contributed by atoms with Gasteiger partial charge in [0.25, 0.3) is 0 Å². The molecule has 6 nitrogen and oxygen atoms in total. The van der Waals surface area contributed by atoms with Crippen LogP contribution in [0.3, 0.4) is 0 Å². The lowest BCUT2D eigenvalue weighted by molar-refractivity contribution is -0.140. The zero-order chi connectivity index (χ0) is 21.1. The summed E-state index contributed by atoms with van der Waals surface area (Å²) < 4.78 is 0. The highest BCUT2D eigenvalue weighted by Crippen LogP contribution is 2.35. The summed E-state index contributed by atoms with van der Waals surface area (Å²) >= 11 is 0. The highest BCUT2D eigenvalue weighted by atomic mass is 16.2. The number of carbonyl (C=O) groups excluding carboxylic acids is 1. The zero-order valence-electron chi connectivity index (χ0n) is 17.7. The van der Waals surface area contributed by atoms with E-state index in [1.807, 2.05) is 56.1 Å². The van der Waals surface area contributed by atoms with Gasteiger partial charge in [-0.2, -0.15) is 0 Å². The van der Waals surface area contributed by atoms with Crippen LogP contribution in [0.25, 0.3) is 22.5 Å². The van der Waals surface area contributed by atoms with Gasteiger partial charge in [-0.1, -0.05) is 20.8 Å². The fourth-order valence-corrected chi connectivity index (χ4v) is 3.92. The lowest BCUT2D eigenvalue weighted by Crippen LogP contribution is -2.43. The molecule has 1 fully saturated rings. The first kappa shape index (κ1) is 20.1. The van der Waals surface area contributed by atoms with Gasteiger partial charge >= 0.3 is 0 Å². The number of carbonyl (C=O) groups is 1. The van der Waals surface area contributed by atoms with Crippen molar-refractivity contribution in [1.82, 2.24) is 24.8 Å². The van der Waals surface area contributed by atoms with Crippen LogP contribution < -0.4 is 0 Å². The number of piperidine rings is 1. The third-order valence-electron chi connectivity index (χ3n) is 5.54. The Hall–Kier alpha value is -3.15. The number of nitrogens with zero attached hydrogens (tertiary/aromatic N) is 5. The molecule has 1 aliphatic rings. The van der Waals surface area contributed by atoms with Crippen LogP contribution in [0.5, 0.6) is 0 Å². The Kier molecular flexibility index (Phi) is 5.57. The minimum atomic E-state index is -0.350. The van der Waals surface area contributed by atoms with E-state index in [4.69, 9.17) is 4.98 Å². The molecule has 4 rings (SSSR count). The van der Waals surface area contributed by atoms with E-state index in [-0.39, 0.29) is 17.2 Å². The molecule has 0 aliphatic carbocycles. The summed E-state index contributed by atoms with van der Waals surface area (Å²) in [6.07, 6.45) is 10.8. The van der Waals surface area contributed by atoms with Crippen LogP contribution >= 0.6 is 0 Å². The molecule has 6 heteroatoms. The van der Waals surface area contributed by atoms with Crippen LogP contribution in [0.1, 0.15) is 45.2 Å². The molecule has 1 saturated heterocycles. The van der Waals surface area contributed by atoms with Gasteiger partial charge in [0, 0.05) is 66.5 Å². The maximum Gasteiger partial charge on any atom is 0.227 e. The highest BCUT2D eigenvalue weighted by molar-refractivity contribution is 5.81. The number of amides is 1. The second-order valence-corrected chi connectivity index (χ2v) is 8.79. The maximum atomic E-state index is 12.7. The van der Waals surface area contributed by atoms with Crippen LogP contribution in [-0.2, 0) is 4.79 Å². The third kappa shape index (κ3) is 4.22. The Morgan fingerprint density at radius 2 is 1.70 bits per heavy atom. The van der Waals surface area contributed by atoms with E-state index in [0.717, 1.165) is 48.3 Å². The zero-order valence-corrected chi connectivity index (χ0v) is 17.7. The van der Waals surface area contributed by atoms with Gasteiger partial charge < -0.3 is 4.90 Å². The molecular weight excluding hydrogens is 374 g/mol. The number of aromatic nitrogens is 4. The van der Waals surface area contributed by atoms with Crippen molar-refractivity contribution in [3.63, 3.8) is 0 Å². The maximum absolute atomic E-state index is 12.7. The van der Waals surface area contributed by atoms with Gasteiger partial charge in [-0.05, 0) is 42.7 Å².